The van der Waals surface area contributed by atoms with Crippen molar-refractivity contribution in [2.45, 2.75) is 37.8 Å². The highest BCUT2D eigenvalue weighted by Crippen LogP contribution is 2.31. The standard InChI is InChI=1S/C19H29N3O2.2ClH/c20-10-6-9-18(23)22-13-14-24-17(15-21-11-4-5-12-21)19(22)16-7-2-1-3-8-16;;/h1-3,7-8,17,19H,4-6,9-15,20H2;2*1H/t17-,19-;;/m0../s1. The molecule has 2 fully saturated rings. The maximum Gasteiger partial charge on any atom is 0.223 e. The SMILES string of the molecule is Cl.Cl.NCCCC(=O)N1CCO[C@@H](CN2CCCC2)[C@@H]1c1ccccc1. The lowest BCUT2D eigenvalue weighted by Gasteiger charge is -2.43. The van der Waals surface area contributed by atoms with Crippen LogP contribution in [-0.4, -0.2) is 61.1 Å². The van der Waals surface area contributed by atoms with Gasteiger partial charge < -0.3 is 20.3 Å². The smallest absolute Gasteiger partial charge is 0.223 e. The number of halogens is 2. The molecule has 2 atom stereocenters. The molecule has 5 nitrogen and oxygen atoms in total. The molecule has 1 amide bonds. The fourth-order valence-corrected chi connectivity index (χ4v) is 3.83. The number of carbonyl (C=O) groups is 1. The number of nitrogens with two attached hydrogens (primary N) is 1. The second-order valence-electron chi connectivity index (χ2n) is 6.75. The molecule has 0 spiro atoms. The highest BCUT2D eigenvalue weighted by atomic mass is 35.5. The number of amides is 1. The van der Waals surface area contributed by atoms with Crippen LogP contribution in [-0.2, 0) is 9.53 Å². The van der Waals surface area contributed by atoms with Crippen LogP contribution in [0.4, 0.5) is 0 Å². The van der Waals surface area contributed by atoms with Crippen molar-refractivity contribution in [1.82, 2.24) is 9.80 Å². The lowest BCUT2D eigenvalue weighted by atomic mass is 9.97. The Morgan fingerprint density at radius 2 is 1.81 bits per heavy atom. The summed E-state index contributed by atoms with van der Waals surface area (Å²) in [6.07, 6.45) is 3.84. The number of benzene rings is 1. The summed E-state index contributed by atoms with van der Waals surface area (Å²) in [5.74, 6) is 0.198. The van der Waals surface area contributed by atoms with Crippen LogP contribution in [0, 0.1) is 0 Å². The molecule has 148 valence electrons. The molecule has 2 saturated heterocycles. The Morgan fingerprint density at radius 1 is 1.12 bits per heavy atom. The van der Waals surface area contributed by atoms with Gasteiger partial charge in [0.25, 0.3) is 0 Å². The molecule has 1 aromatic carbocycles. The van der Waals surface area contributed by atoms with Gasteiger partial charge in [0, 0.05) is 19.5 Å². The molecule has 7 heteroatoms. The minimum absolute atomic E-state index is 0. The van der Waals surface area contributed by atoms with Crippen LogP contribution in [0.1, 0.15) is 37.3 Å². The third kappa shape index (κ3) is 5.83. The Balaban J connectivity index is 0.00000169. The van der Waals surface area contributed by atoms with E-state index in [9.17, 15) is 4.79 Å². The first kappa shape index (κ1) is 23.2. The van der Waals surface area contributed by atoms with Crippen LogP contribution >= 0.6 is 24.8 Å². The molecule has 0 radical (unpaired) electrons. The molecule has 26 heavy (non-hydrogen) atoms. The Hall–Kier alpha value is -0.850. The van der Waals surface area contributed by atoms with Crippen LogP contribution < -0.4 is 5.73 Å². The van der Waals surface area contributed by atoms with E-state index in [1.807, 2.05) is 23.1 Å². The van der Waals surface area contributed by atoms with E-state index in [0.717, 1.165) is 26.1 Å². The number of rotatable bonds is 6. The largest absolute Gasteiger partial charge is 0.373 e. The van der Waals surface area contributed by atoms with Crippen molar-refractivity contribution in [2.75, 3.05) is 39.3 Å². The van der Waals surface area contributed by atoms with Crippen LogP contribution in [0.5, 0.6) is 0 Å². The van der Waals surface area contributed by atoms with Gasteiger partial charge in [-0.15, -0.1) is 24.8 Å². The third-order valence-electron chi connectivity index (χ3n) is 5.05. The number of hydrogen-bond donors (Lipinski definition) is 1. The number of ether oxygens (including phenoxy) is 1. The van der Waals surface area contributed by atoms with Crippen LogP contribution in [0.3, 0.4) is 0 Å². The number of likely N-dealkylation sites (tertiary alicyclic amines) is 1. The number of carbonyl (C=O) groups excluding carboxylic acids is 1. The summed E-state index contributed by atoms with van der Waals surface area (Å²) in [6, 6.07) is 10.3. The first-order chi connectivity index (χ1) is 11.8. The number of hydrogen-bond acceptors (Lipinski definition) is 4. The van der Waals surface area contributed by atoms with E-state index in [0.29, 0.717) is 26.1 Å². The van der Waals surface area contributed by atoms with E-state index in [2.05, 4.69) is 17.0 Å². The first-order valence-corrected chi connectivity index (χ1v) is 9.18. The van der Waals surface area contributed by atoms with Gasteiger partial charge in [-0.05, 0) is 44.5 Å². The van der Waals surface area contributed by atoms with Crippen molar-refractivity contribution in [3.05, 3.63) is 35.9 Å². The zero-order valence-electron chi connectivity index (χ0n) is 15.2. The van der Waals surface area contributed by atoms with Gasteiger partial charge >= 0.3 is 0 Å². The van der Waals surface area contributed by atoms with E-state index in [4.69, 9.17) is 10.5 Å². The highest BCUT2D eigenvalue weighted by Gasteiger charge is 2.37. The summed E-state index contributed by atoms with van der Waals surface area (Å²) < 4.78 is 6.13. The number of nitrogens with zero attached hydrogens (tertiary/aromatic N) is 2. The average Bonchev–Trinajstić information content (AvgIpc) is 3.13. The van der Waals surface area contributed by atoms with Crippen LogP contribution in [0.15, 0.2) is 30.3 Å². The Kier molecular flexibility index (Phi) is 10.5. The Morgan fingerprint density at radius 3 is 2.46 bits per heavy atom. The van der Waals surface area contributed by atoms with Gasteiger partial charge in [-0.3, -0.25) is 4.79 Å². The molecule has 2 aliphatic heterocycles. The van der Waals surface area contributed by atoms with E-state index in [1.165, 1.54) is 18.4 Å². The Labute approximate surface area is 169 Å². The Bertz CT molecular complexity index is 527. The van der Waals surface area contributed by atoms with Crippen molar-refractivity contribution in [2.24, 2.45) is 5.73 Å². The maximum atomic E-state index is 12.7. The van der Waals surface area contributed by atoms with Crippen molar-refractivity contribution >= 4 is 30.7 Å². The van der Waals surface area contributed by atoms with Gasteiger partial charge in [-0.25, -0.2) is 0 Å². The van der Waals surface area contributed by atoms with Crippen molar-refractivity contribution in [1.29, 1.82) is 0 Å². The van der Waals surface area contributed by atoms with E-state index < -0.39 is 0 Å². The molecule has 3 rings (SSSR count). The van der Waals surface area contributed by atoms with Gasteiger partial charge in [-0.2, -0.15) is 0 Å². The van der Waals surface area contributed by atoms with E-state index >= 15 is 0 Å². The normalized spacial score (nSPS) is 23.2. The molecule has 1 aromatic rings. The quantitative estimate of drug-likeness (QED) is 0.792. The molecular formula is C19H31Cl2N3O2. The fraction of sp³-hybridized carbons (Fsp3) is 0.632. The van der Waals surface area contributed by atoms with Crippen LogP contribution in [0.25, 0.3) is 0 Å². The lowest BCUT2D eigenvalue weighted by Crippen LogP contribution is -2.51. The summed E-state index contributed by atoms with van der Waals surface area (Å²) in [5.41, 5.74) is 6.76. The molecule has 2 aliphatic rings. The van der Waals surface area contributed by atoms with Gasteiger partial charge in [-0.1, -0.05) is 30.3 Å². The van der Waals surface area contributed by atoms with Crippen molar-refractivity contribution < 1.29 is 9.53 Å². The minimum atomic E-state index is 0. The summed E-state index contributed by atoms with van der Waals surface area (Å²) >= 11 is 0. The zero-order chi connectivity index (χ0) is 16.8. The van der Waals surface area contributed by atoms with Crippen molar-refractivity contribution in [3.63, 3.8) is 0 Å². The molecular weight excluding hydrogens is 373 g/mol. The average molecular weight is 404 g/mol. The summed E-state index contributed by atoms with van der Waals surface area (Å²) in [7, 11) is 0. The number of morpholine rings is 1. The maximum absolute atomic E-state index is 12.7. The molecule has 2 N–H and O–H groups in total. The summed E-state index contributed by atoms with van der Waals surface area (Å²) in [4.78, 5) is 17.2. The van der Waals surface area contributed by atoms with E-state index in [1.54, 1.807) is 0 Å². The first-order valence-electron chi connectivity index (χ1n) is 9.18. The predicted octanol–water partition coefficient (Wildman–Crippen LogP) is 2.63. The van der Waals surface area contributed by atoms with Gasteiger partial charge in [0.2, 0.25) is 5.91 Å². The molecule has 0 aromatic heterocycles. The van der Waals surface area contributed by atoms with Gasteiger partial charge in [0.05, 0.1) is 18.8 Å². The lowest BCUT2D eigenvalue weighted by molar-refractivity contribution is -0.148. The summed E-state index contributed by atoms with van der Waals surface area (Å²) in [5, 5.41) is 0. The second-order valence-corrected chi connectivity index (χ2v) is 6.75. The second kappa shape index (κ2) is 11.8. The fourth-order valence-electron chi connectivity index (χ4n) is 3.83. The molecule has 0 saturated carbocycles. The predicted molar refractivity (Wildman–Crippen MR) is 109 cm³/mol. The van der Waals surface area contributed by atoms with Gasteiger partial charge in [0.15, 0.2) is 0 Å². The monoisotopic (exact) mass is 403 g/mol. The molecule has 2 heterocycles. The minimum Gasteiger partial charge on any atom is -0.373 e. The topological polar surface area (TPSA) is 58.8 Å². The van der Waals surface area contributed by atoms with Crippen molar-refractivity contribution in [3.8, 4) is 0 Å². The zero-order valence-corrected chi connectivity index (χ0v) is 16.9. The van der Waals surface area contributed by atoms with E-state index in [-0.39, 0.29) is 42.9 Å². The van der Waals surface area contributed by atoms with Crippen LogP contribution in [0.2, 0.25) is 0 Å². The summed E-state index contributed by atoms with van der Waals surface area (Å²) in [6.45, 7) is 5.03. The highest BCUT2D eigenvalue weighted by molar-refractivity contribution is 5.85. The third-order valence-corrected chi connectivity index (χ3v) is 5.05. The molecule has 0 aliphatic carbocycles. The molecule has 0 unspecified atom stereocenters. The molecule has 0 bridgehead atoms. The van der Waals surface area contributed by atoms with Gasteiger partial charge in [0.1, 0.15) is 0 Å².